The Kier molecular flexibility index (Phi) is 5.37. The number of ketones is 1. The number of Topliss-reactive ketones (excluding diaryl/α,β-unsaturated/α-hetero) is 1. The Morgan fingerprint density at radius 2 is 1.84 bits per heavy atom. The first-order chi connectivity index (χ1) is 14.8. The second kappa shape index (κ2) is 8.00. The van der Waals surface area contributed by atoms with E-state index in [2.05, 4.69) is 4.98 Å². The van der Waals surface area contributed by atoms with E-state index < -0.39 is 11.2 Å². The highest BCUT2D eigenvalue weighted by Crippen LogP contribution is 2.21. The molecular weight excluding hydrogens is 416 g/mol. The molecule has 0 radical (unpaired) electrons. The largest absolute Gasteiger partial charge is 0.337 e. The third-order valence-electron chi connectivity index (χ3n) is 5.31. The van der Waals surface area contributed by atoms with Gasteiger partial charge in [-0.15, -0.1) is 0 Å². The minimum Gasteiger partial charge on any atom is -0.317 e. The summed E-state index contributed by atoms with van der Waals surface area (Å²) in [5, 5.41) is 0.355. The number of imidazole rings is 1. The molecule has 8 heteroatoms. The number of para-hydroxylation sites is 1. The van der Waals surface area contributed by atoms with Gasteiger partial charge >= 0.3 is 5.69 Å². The van der Waals surface area contributed by atoms with Crippen LogP contribution >= 0.6 is 11.6 Å². The van der Waals surface area contributed by atoms with Crippen molar-refractivity contribution < 1.29 is 4.79 Å². The monoisotopic (exact) mass is 436 g/mol. The van der Waals surface area contributed by atoms with Crippen molar-refractivity contribution in [1.82, 2.24) is 18.7 Å². The molecular formula is C23H21ClN4O3. The van der Waals surface area contributed by atoms with Gasteiger partial charge in [-0.25, -0.2) is 14.3 Å². The summed E-state index contributed by atoms with van der Waals surface area (Å²) in [5.74, 6) is -0.144. The van der Waals surface area contributed by atoms with Gasteiger partial charge in [0.05, 0.1) is 23.6 Å². The van der Waals surface area contributed by atoms with Crippen LogP contribution < -0.4 is 11.2 Å². The van der Waals surface area contributed by atoms with E-state index in [9.17, 15) is 14.4 Å². The van der Waals surface area contributed by atoms with Crippen LogP contribution in [0.25, 0.3) is 16.9 Å². The number of halogens is 1. The minimum absolute atomic E-state index is 0.0694. The fourth-order valence-corrected chi connectivity index (χ4v) is 4.02. The molecule has 4 rings (SSSR count). The smallest absolute Gasteiger partial charge is 0.317 e. The zero-order chi connectivity index (χ0) is 22.3. The quantitative estimate of drug-likeness (QED) is 0.448. The maximum atomic E-state index is 13.1. The molecule has 0 atom stereocenters. The zero-order valence-electron chi connectivity index (χ0n) is 17.4. The average Bonchev–Trinajstić information content (AvgIpc) is 3.13. The highest BCUT2D eigenvalue weighted by atomic mass is 35.5. The van der Waals surface area contributed by atoms with E-state index in [1.807, 2.05) is 26.0 Å². The summed E-state index contributed by atoms with van der Waals surface area (Å²) in [6.45, 7) is 5.67. The molecule has 0 saturated carbocycles. The van der Waals surface area contributed by atoms with Crippen molar-refractivity contribution in [1.29, 1.82) is 0 Å². The molecule has 2 aromatic carbocycles. The molecule has 0 spiro atoms. The van der Waals surface area contributed by atoms with Crippen LogP contribution in [0.5, 0.6) is 0 Å². The Hall–Kier alpha value is -3.45. The normalized spacial score (nSPS) is 11.2. The first-order valence-electron chi connectivity index (χ1n) is 9.89. The van der Waals surface area contributed by atoms with Crippen LogP contribution in [-0.2, 0) is 13.1 Å². The predicted octanol–water partition coefficient (Wildman–Crippen LogP) is 3.52. The van der Waals surface area contributed by atoms with Crippen molar-refractivity contribution in [2.24, 2.45) is 0 Å². The van der Waals surface area contributed by atoms with Gasteiger partial charge in [0.1, 0.15) is 0 Å². The number of benzene rings is 2. The Bertz CT molecular complexity index is 1450. The molecule has 7 nitrogen and oxygen atoms in total. The van der Waals surface area contributed by atoms with E-state index in [1.54, 1.807) is 37.3 Å². The minimum atomic E-state index is -0.529. The summed E-state index contributed by atoms with van der Waals surface area (Å²) in [6.07, 6.45) is 1.42. The second-order valence-electron chi connectivity index (χ2n) is 7.41. The van der Waals surface area contributed by atoms with Crippen molar-refractivity contribution in [3.05, 3.63) is 91.3 Å². The average molecular weight is 437 g/mol. The lowest BCUT2D eigenvalue weighted by Gasteiger charge is -2.13. The Balaban J connectivity index is 1.92. The molecule has 0 amide bonds. The van der Waals surface area contributed by atoms with E-state index in [4.69, 9.17) is 11.6 Å². The molecule has 0 saturated heterocycles. The molecule has 158 valence electrons. The van der Waals surface area contributed by atoms with Crippen molar-refractivity contribution in [2.75, 3.05) is 0 Å². The first kappa shape index (κ1) is 20.8. The first-order valence-corrected chi connectivity index (χ1v) is 10.3. The number of carbonyl (C=O) groups excluding carboxylic acids is 1. The van der Waals surface area contributed by atoms with E-state index in [-0.39, 0.29) is 30.0 Å². The van der Waals surface area contributed by atoms with Crippen molar-refractivity contribution in [3.8, 4) is 5.69 Å². The summed E-state index contributed by atoms with van der Waals surface area (Å²) in [4.78, 5) is 43.5. The van der Waals surface area contributed by atoms with Gasteiger partial charge in [-0.3, -0.25) is 14.2 Å². The van der Waals surface area contributed by atoms with Gasteiger partial charge in [0.2, 0.25) is 0 Å². The van der Waals surface area contributed by atoms with E-state index >= 15 is 0 Å². The molecule has 0 fully saturated rings. The molecule has 0 aliphatic carbocycles. The van der Waals surface area contributed by atoms with E-state index in [0.29, 0.717) is 16.3 Å². The summed E-state index contributed by atoms with van der Waals surface area (Å²) >= 11 is 6.33. The number of aromatic nitrogens is 4. The molecule has 0 unspecified atom stereocenters. The van der Waals surface area contributed by atoms with Gasteiger partial charge in [-0.2, -0.15) is 0 Å². The highest BCUT2D eigenvalue weighted by molar-refractivity contribution is 6.32. The van der Waals surface area contributed by atoms with Crippen molar-refractivity contribution in [3.63, 3.8) is 0 Å². The third kappa shape index (κ3) is 3.51. The van der Waals surface area contributed by atoms with Crippen molar-refractivity contribution >= 4 is 28.5 Å². The Morgan fingerprint density at radius 1 is 1.10 bits per heavy atom. The van der Waals surface area contributed by atoms with Gasteiger partial charge in [-0.1, -0.05) is 47.5 Å². The number of aryl methyl sites for hydroxylation is 2. The summed E-state index contributed by atoms with van der Waals surface area (Å²) < 4.78 is 3.93. The summed E-state index contributed by atoms with van der Waals surface area (Å²) in [7, 11) is 0. The standard InChI is InChI=1S/C23H21ClN4O3/c1-4-27-22(30)20-21(28(23(27)31)18-8-6-5-7-17(18)24)25-13-26(20)12-19(29)16-10-9-14(2)11-15(16)3/h5-11,13H,4,12H2,1-3H3. The van der Waals surface area contributed by atoms with Crippen molar-refractivity contribution in [2.45, 2.75) is 33.9 Å². The number of fused-ring (bicyclic) bond motifs is 1. The van der Waals surface area contributed by atoms with Crippen LogP contribution in [0.2, 0.25) is 5.02 Å². The molecule has 2 heterocycles. The van der Waals surface area contributed by atoms with Gasteiger partial charge < -0.3 is 4.57 Å². The highest BCUT2D eigenvalue weighted by Gasteiger charge is 2.21. The van der Waals surface area contributed by atoms with Crippen LogP contribution in [0.4, 0.5) is 0 Å². The molecule has 0 aliphatic rings. The van der Waals surface area contributed by atoms with Gasteiger partial charge in [0.25, 0.3) is 5.56 Å². The van der Waals surface area contributed by atoms with Crippen LogP contribution in [0.3, 0.4) is 0 Å². The molecule has 0 bridgehead atoms. The van der Waals surface area contributed by atoms with Crippen LogP contribution in [-0.4, -0.2) is 24.5 Å². The van der Waals surface area contributed by atoms with Crippen LogP contribution in [0.15, 0.2) is 58.4 Å². The summed E-state index contributed by atoms with van der Waals surface area (Å²) in [6, 6.07) is 12.5. The molecule has 0 N–H and O–H groups in total. The zero-order valence-corrected chi connectivity index (χ0v) is 18.2. The lowest BCUT2D eigenvalue weighted by atomic mass is 10.0. The fraction of sp³-hybridized carbons (Fsp3) is 0.217. The topological polar surface area (TPSA) is 78.9 Å². The molecule has 0 aliphatic heterocycles. The van der Waals surface area contributed by atoms with Gasteiger partial charge in [0, 0.05) is 12.1 Å². The number of carbonyl (C=O) groups is 1. The predicted molar refractivity (Wildman–Crippen MR) is 121 cm³/mol. The molecule has 4 aromatic rings. The van der Waals surface area contributed by atoms with E-state index in [0.717, 1.165) is 15.7 Å². The maximum absolute atomic E-state index is 13.1. The molecule has 31 heavy (non-hydrogen) atoms. The Morgan fingerprint density at radius 3 is 2.52 bits per heavy atom. The van der Waals surface area contributed by atoms with Gasteiger partial charge in [0.15, 0.2) is 16.9 Å². The lowest BCUT2D eigenvalue weighted by Crippen LogP contribution is -2.39. The maximum Gasteiger partial charge on any atom is 0.337 e. The lowest BCUT2D eigenvalue weighted by molar-refractivity contribution is 0.0972. The SMILES string of the molecule is CCn1c(=O)c2c(ncn2CC(=O)c2ccc(C)cc2C)n(-c2ccccc2Cl)c1=O. The number of hydrogen-bond acceptors (Lipinski definition) is 4. The Labute approximate surface area is 183 Å². The summed E-state index contributed by atoms with van der Waals surface area (Å²) in [5.41, 5.74) is 2.27. The number of hydrogen-bond donors (Lipinski definition) is 0. The fourth-order valence-electron chi connectivity index (χ4n) is 3.80. The van der Waals surface area contributed by atoms with Gasteiger partial charge in [-0.05, 0) is 38.5 Å². The number of nitrogens with zero attached hydrogens (tertiary/aromatic N) is 4. The number of rotatable bonds is 5. The second-order valence-corrected chi connectivity index (χ2v) is 7.81. The van der Waals surface area contributed by atoms with Crippen LogP contribution in [0, 0.1) is 13.8 Å². The van der Waals surface area contributed by atoms with E-state index in [1.165, 1.54) is 15.5 Å². The van der Waals surface area contributed by atoms with Crippen LogP contribution in [0.1, 0.15) is 28.4 Å². The third-order valence-corrected chi connectivity index (χ3v) is 5.63. The molecule has 2 aromatic heterocycles.